The van der Waals surface area contributed by atoms with Crippen molar-refractivity contribution in [2.75, 3.05) is 25.0 Å². The highest BCUT2D eigenvalue weighted by Crippen LogP contribution is 2.40. The molecule has 4 rings (SSSR count). The molecular weight excluding hydrogens is 416 g/mol. The molecule has 2 heterocycles. The summed E-state index contributed by atoms with van der Waals surface area (Å²) in [6.45, 7) is 5.11. The number of ether oxygens (including phenoxy) is 1. The molecule has 2 aliphatic rings. The molecule has 3 amide bonds. The van der Waals surface area contributed by atoms with Crippen molar-refractivity contribution in [3.05, 3.63) is 34.7 Å². The Balaban J connectivity index is 1.32. The predicted octanol–water partition coefficient (Wildman–Crippen LogP) is 3.03. The minimum Gasteiger partial charge on any atom is -0.450 e. The van der Waals surface area contributed by atoms with E-state index in [0.717, 1.165) is 35.4 Å². The molecule has 9 heteroatoms. The number of likely N-dealkylation sites (tertiary alicyclic amines) is 1. The van der Waals surface area contributed by atoms with Crippen LogP contribution in [0, 0.1) is 5.92 Å². The number of benzene rings is 1. The number of aromatic nitrogens is 1. The maximum Gasteiger partial charge on any atom is 0.409 e. The molecule has 2 atom stereocenters. The molecule has 31 heavy (non-hydrogen) atoms. The highest BCUT2D eigenvalue weighted by Gasteiger charge is 2.30. The molecule has 2 aromatic rings. The summed E-state index contributed by atoms with van der Waals surface area (Å²) in [7, 11) is 0. The van der Waals surface area contributed by atoms with Gasteiger partial charge in [-0.15, -0.1) is 11.3 Å². The van der Waals surface area contributed by atoms with Gasteiger partial charge in [-0.25, -0.2) is 9.78 Å². The third-order valence-electron chi connectivity index (χ3n) is 5.80. The predicted molar refractivity (Wildman–Crippen MR) is 118 cm³/mol. The van der Waals surface area contributed by atoms with Gasteiger partial charge in [-0.2, -0.15) is 0 Å². The Morgan fingerprint density at radius 2 is 2.10 bits per heavy atom. The zero-order valence-electron chi connectivity index (χ0n) is 17.6. The summed E-state index contributed by atoms with van der Waals surface area (Å²) in [5, 5.41) is 5.83. The number of amides is 3. The van der Waals surface area contributed by atoms with Gasteiger partial charge < -0.3 is 15.0 Å². The molecule has 0 spiro atoms. The zero-order valence-corrected chi connectivity index (χ0v) is 18.5. The fourth-order valence-electron chi connectivity index (χ4n) is 4.16. The van der Waals surface area contributed by atoms with Crippen molar-refractivity contribution in [3.8, 4) is 11.3 Å². The Morgan fingerprint density at radius 3 is 2.90 bits per heavy atom. The summed E-state index contributed by atoms with van der Waals surface area (Å²) in [4.78, 5) is 44.1. The van der Waals surface area contributed by atoms with Crippen molar-refractivity contribution in [1.82, 2.24) is 15.2 Å². The maximum absolute atomic E-state index is 12.4. The molecule has 2 unspecified atom stereocenters. The van der Waals surface area contributed by atoms with E-state index in [4.69, 9.17) is 4.74 Å². The quantitative estimate of drug-likeness (QED) is 0.605. The Bertz CT molecular complexity index is 1010. The fraction of sp³-hybridized carbons (Fsp3) is 0.455. The largest absolute Gasteiger partial charge is 0.450 e. The highest BCUT2D eigenvalue weighted by atomic mass is 32.1. The minimum atomic E-state index is -0.731. The normalized spacial score (nSPS) is 18.0. The van der Waals surface area contributed by atoms with Gasteiger partial charge in [-0.05, 0) is 38.2 Å². The van der Waals surface area contributed by atoms with Crippen molar-refractivity contribution in [3.63, 3.8) is 0 Å². The van der Waals surface area contributed by atoms with Crippen LogP contribution in [0.25, 0.3) is 11.3 Å². The van der Waals surface area contributed by atoms with Gasteiger partial charge in [0.1, 0.15) is 0 Å². The summed E-state index contributed by atoms with van der Waals surface area (Å²) >= 11 is 1.40. The van der Waals surface area contributed by atoms with Crippen LogP contribution in [0.3, 0.4) is 0 Å². The molecule has 8 nitrogen and oxygen atoms in total. The van der Waals surface area contributed by atoms with Gasteiger partial charge in [0.05, 0.1) is 12.3 Å². The topological polar surface area (TPSA) is 101 Å². The summed E-state index contributed by atoms with van der Waals surface area (Å²) in [6.07, 6.45) is 2.17. The maximum atomic E-state index is 12.4. The van der Waals surface area contributed by atoms with Gasteiger partial charge in [0, 0.05) is 36.0 Å². The van der Waals surface area contributed by atoms with Gasteiger partial charge in [0.15, 0.2) is 5.13 Å². The van der Waals surface area contributed by atoms with Crippen molar-refractivity contribution >= 4 is 34.4 Å². The van der Waals surface area contributed by atoms with Crippen molar-refractivity contribution in [1.29, 1.82) is 0 Å². The molecule has 0 bridgehead atoms. The number of carbonyl (C=O) groups excluding carboxylic acids is 3. The van der Waals surface area contributed by atoms with Crippen LogP contribution in [-0.2, 0) is 20.7 Å². The average Bonchev–Trinajstić information content (AvgIpc) is 3.31. The van der Waals surface area contributed by atoms with E-state index in [1.165, 1.54) is 16.9 Å². The van der Waals surface area contributed by atoms with Gasteiger partial charge in [0.25, 0.3) is 0 Å². The van der Waals surface area contributed by atoms with E-state index < -0.39 is 11.8 Å². The van der Waals surface area contributed by atoms with Crippen LogP contribution in [0.5, 0.6) is 0 Å². The molecule has 1 aromatic heterocycles. The summed E-state index contributed by atoms with van der Waals surface area (Å²) in [6, 6.07) is 7.82. The molecule has 2 N–H and O–H groups in total. The zero-order chi connectivity index (χ0) is 22.0. The highest BCUT2D eigenvalue weighted by molar-refractivity contribution is 7.16. The molecule has 0 saturated carbocycles. The number of anilines is 1. The second-order valence-corrected chi connectivity index (χ2v) is 8.97. The minimum absolute atomic E-state index is 0.0649. The fourth-order valence-corrected chi connectivity index (χ4v) is 5.15. The molecule has 164 valence electrons. The molecule has 1 aliphatic carbocycles. The van der Waals surface area contributed by atoms with Crippen molar-refractivity contribution < 1.29 is 19.1 Å². The van der Waals surface area contributed by atoms with E-state index in [9.17, 15) is 14.4 Å². The SMILES string of the molecule is CCOC(=O)N1CCCC(C(C)NC(=O)C(=O)Nc2nc3c(s2)Cc2ccccc2-3)C1. The molecule has 0 radical (unpaired) electrons. The number of nitrogens with zero attached hydrogens (tertiary/aromatic N) is 2. The Labute approximate surface area is 185 Å². The number of rotatable bonds is 4. The molecule has 1 aliphatic heterocycles. The first-order valence-electron chi connectivity index (χ1n) is 10.6. The molecular formula is C22H26N4O4S. The van der Waals surface area contributed by atoms with Crippen LogP contribution in [0.2, 0.25) is 0 Å². The first kappa shape index (κ1) is 21.3. The van der Waals surface area contributed by atoms with Crippen LogP contribution in [0.15, 0.2) is 24.3 Å². The lowest BCUT2D eigenvalue weighted by atomic mass is 9.92. The third-order valence-corrected chi connectivity index (χ3v) is 6.77. The summed E-state index contributed by atoms with van der Waals surface area (Å²) in [5.74, 6) is -1.36. The lowest BCUT2D eigenvalue weighted by Crippen LogP contribution is -2.50. The van der Waals surface area contributed by atoms with E-state index in [1.54, 1.807) is 11.8 Å². The number of nitrogens with one attached hydrogen (secondary N) is 2. The second kappa shape index (κ2) is 9.05. The van der Waals surface area contributed by atoms with Crippen LogP contribution >= 0.6 is 11.3 Å². The number of thiazole rings is 1. The standard InChI is InChI=1S/C22H26N4O4S/c1-3-30-22(29)26-10-6-8-15(12-26)13(2)23-19(27)20(28)25-21-24-18-16-9-5-4-7-14(16)11-17(18)31-21/h4-5,7,9,13,15H,3,6,8,10-12H2,1-2H3,(H,23,27)(H,24,25,28). The first-order valence-corrected chi connectivity index (χ1v) is 11.4. The Hall–Kier alpha value is -2.94. The number of piperidine rings is 1. The van der Waals surface area contributed by atoms with Crippen LogP contribution in [0.1, 0.15) is 37.1 Å². The van der Waals surface area contributed by atoms with E-state index >= 15 is 0 Å². The number of fused-ring (bicyclic) bond motifs is 3. The van der Waals surface area contributed by atoms with Gasteiger partial charge in [-0.3, -0.25) is 14.9 Å². The van der Waals surface area contributed by atoms with Gasteiger partial charge in [0.2, 0.25) is 0 Å². The molecule has 1 aromatic carbocycles. The van der Waals surface area contributed by atoms with E-state index in [2.05, 4.69) is 21.7 Å². The molecule has 1 saturated heterocycles. The van der Waals surface area contributed by atoms with Gasteiger partial charge >= 0.3 is 17.9 Å². The van der Waals surface area contributed by atoms with Crippen molar-refractivity contribution in [2.45, 2.75) is 39.2 Å². The van der Waals surface area contributed by atoms with E-state index in [0.29, 0.717) is 24.8 Å². The van der Waals surface area contributed by atoms with Gasteiger partial charge in [-0.1, -0.05) is 24.3 Å². The smallest absolute Gasteiger partial charge is 0.409 e. The monoisotopic (exact) mass is 442 g/mol. The second-order valence-electron chi connectivity index (χ2n) is 7.89. The third kappa shape index (κ3) is 4.56. The number of hydrogen-bond donors (Lipinski definition) is 2. The van der Waals surface area contributed by atoms with Crippen LogP contribution < -0.4 is 10.6 Å². The number of carbonyl (C=O) groups is 3. The van der Waals surface area contributed by atoms with Crippen molar-refractivity contribution in [2.24, 2.45) is 5.92 Å². The lowest BCUT2D eigenvalue weighted by Gasteiger charge is -2.35. The summed E-state index contributed by atoms with van der Waals surface area (Å²) < 4.78 is 5.07. The Kier molecular flexibility index (Phi) is 6.22. The first-order chi connectivity index (χ1) is 15.0. The van der Waals surface area contributed by atoms with E-state index in [1.807, 2.05) is 25.1 Å². The Morgan fingerprint density at radius 1 is 1.29 bits per heavy atom. The van der Waals surface area contributed by atoms with Crippen LogP contribution in [-0.4, -0.2) is 53.5 Å². The number of hydrogen-bond acceptors (Lipinski definition) is 6. The summed E-state index contributed by atoms with van der Waals surface area (Å²) in [5.41, 5.74) is 3.19. The average molecular weight is 443 g/mol. The molecule has 1 fully saturated rings. The van der Waals surface area contributed by atoms with Crippen LogP contribution in [0.4, 0.5) is 9.93 Å². The van der Waals surface area contributed by atoms with E-state index in [-0.39, 0.29) is 18.1 Å². The lowest BCUT2D eigenvalue weighted by molar-refractivity contribution is -0.136.